The number of nitrogens with zero attached hydrogens (tertiary/aromatic N) is 1. The van der Waals surface area contributed by atoms with Gasteiger partial charge in [0, 0.05) is 18.3 Å². The van der Waals surface area contributed by atoms with Gasteiger partial charge in [-0.05, 0) is 23.8 Å². The van der Waals surface area contributed by atoms with Gasteiger partial charge >= 0.3 is 0 Å². The Bertz CT molecular complexity index is 994. The number of H-pyrrole nitrogens is 1. The summed E-state index contributed by atoms with van der Waals surface area (Å²) in [7, 11) is 0. The zero-order valence-corrected chi connectivity index (χ0v) is 13.1. The van der Waals surface area contributed by atoms with Crippen molar-refractivity contribution in [3.05, 3.63) is 73.6 Å². The topological polar surface area (TPSA) is 80.4 Å². The summed E-state index contributed by atoms with van der Waals surface area (Å²) in [6.45, 7) is 0. The van der Waals surface area contributed by atoms with E-state index in [4.69, 9.17) is 28.9 Å². The molecule has 0 radical (unpaired) electrons. The van der Waals surface area contributed by atoms with E-state index in [1.54, 1.807) is 0 Å². The third kappa shape index (κ3) is 2.71. The smallest absolute Gasteiger partial charge is 0.272 e. The molecule has 0 fully saturated rings. The summed E-state index contributed by atoms with van der Waals surface area (Å²) < 4.78 is 15.1. The van der Waals surface area contributed by atoms with E-state index < -0.39 is 11.7 Å². The first-order valence-corrected chi connectivity index (χ1v) is 7.29. The van der Waals surface area contributed by atoms with Gasteiger partial charge in [0.2, 0.25) is 0 Å². The zero-order chi connectivity index (χ0) is 16.7. The van der Waals surface area contributed by atoms with Crippen molar-refractivity contribution in [1.82, 2.24) is 9.38 Å². The second-order valence-corrected chi connectivity index (χ2v) is 5.73. The highest BCUT2D eigenvalue weighted by atomic mass is 35.5. The van der Waals surface area contributed by atoms with Crippen molar-refractivity contribution in [3.63, 3.8) is 0 Å². The Morgan fingerprint density at radius 1 is 1.30 bits per heavy atom. The molecule has 3 rings (SSSR count). The molecule has 0 bridgehead atoms. The van der Waals surface area contributed by atoms with Gasteiger partial charge in [-0.2, -0.15) is 0 Å². The van der Waals surface area contributed by atoms with Crippen LogP contribution in [0.1, 0.15) is 21.6 Å². The van der Waals surface area contributed by atoms with Gasteiger partial charge in [-0.15, -0.1) is 0 Å². The molecule has 5 nitrogen and oxygen atoms in total. The van der Waals surface area contributed by atoms with E-state index in [1.165, 1.54) is 34.9 Å². The van der Waals surface area contributed by atoms with E-state index in [2.05, 4.69) is 4.98 Å². The molecule has 0 spiro atoms. The van der Waals surface area contributed by atoms with Crippen LogP contribution in [-0.4, -0.2) is 15.3 Å². The Labute approximate surface area is 139 Å². The number of fused-ring (bicyclic) bond motifs is 1. The van der Waals surface area contributed by atoms with Crippen LogP contribution in [0.5, 0.6) is 0 Å². The molecule has 0 aliphatic rings. The quantitative estimate of drug-likeness (QED) is 0.759. The van der Waals surface area contributed by atoms with Crippen molar-refractivity contribution < 1.29 is 9.18 Å². The molecule has 3 N–H and O–H groups in total. The Hall–Kier alpha value is -2.31. The van der Waals surface area contributed by atoms with Crippen molar-refractivity contribution in [2.45, 2.75) is 6.42 Å². The van der Waals surface area contributed by atoms with Crippen LogP contribution in [0.25, 0.3) is 5.52 Å². The van der Waals surface area contributed by atoms with Crippen LogP contribution in [0.3, 0.4) is 0 Å². The monoisotopic (exact) mass is 353 g/mol. The van der Waals surface area contributed by atoms with Gasteiger partial charge in [-0.25, -0.2) is 4.39 Å². The predicted octanol–water partition coefficient (Wildman–Crippen LogP) is 2.76. The van der Waals surface area contributed by atoms with Crippen LogP contribution < -0.4 is 11.3 Å². The van der Waals surface area contributed by atoms with Crippen LogP contribution >= 0.6 is 23.2 Å². The maximum Gasteiger partial charge on any atom is 0.272 e. The number of primary amides is 1. The number of nitrogens with one attached hydrogen (secondary N) is 1. The average Bonchev–Trinajstić information content (AvgIpc) is 2.81. The van der Waals surface area contributed by atoms with Crippen molar-refractivity contribution in [2.75, 3.05) is 0 Å². The van der Waals surface area contributed by atoms with Crippen LogP contribution in [0, 0.1) is 5.82 Å². The molecular formula is C15H10Cl2FN3O2. The van der Waals surface area contributed by atoms with E-state index in [9.17, 15) is 14.0 Å². The summed E-state index contributed by atoms with van der Waals surface area (Å²) in [5.74, 6) is -1.53. The maximum absolute atomic E-state index is 13.5. The molecule has 0 aliphatic carbocycles. The molecule has 0 unspecified atom stereocenters. The number of aromatic nitrogens is 2. The fraction of sp³-hybridized carbons (Fsp3) is 0.0667. The number of benzene rings is 1. The lowest BCUT2D eigenvalue weighted by Crippen LogP contribution is -2.14. The summed E-state index contributed by atoms with van der Waals surface area (Å²) in [5, 5.41) is 0.460. The number of hydrogen-bond acceptors (Lipinski definition) is 2. The first kappa shape index (κ1) is 15.6. The minimum absolute atomic E-state index is 0.195. The summed E-state index contributed by atoms with van der Waals surface area (Å²) in [5.41, 5.74) is 6.17. The highest BCUT2D eigenvalue weighted by molar-refractivity contribution is 6.42. The number of nitrogens with two attached hydrogens (primary N) is 1. The van der Waals surface area contributed by atoms with Crippen LogP contribution in [-0.2, 0) is 6.42 Å². The van der Waals surface area contributed by atoms with E-state index in [1.807, 2.05) is 0 Å². The molecule has 8 heteroatoms. The van der Waals surface area contributed by atoms with Gasteiger partial charge in [0.25, 0.3) is 11.5 Å². The second-order valence-electron chi connectivity index (χ2n) is 4.97. The number of carbonyl (C=O) groups excluding carboxylic acids is 1. The Balaban J connectivity index is 2.13. The predicted molar refractivity (Wildman–Crippen MR) is 85.8 cm³/mol. The summed E-state index contributed by atoms with van der Waals surface area (Å²) in [6.07, 6.45) is 1.78. The minimum Gasteiger partial charge on any atom is -0.366 e. The lowest BCUT2D eigenvalue weighted by molar-refractivity contribution is 0.0996. The van der Waals surface area contributed by atoms with Gasteiger partial charge in [-0.3, -0.25) is 14.0 Å². The van der Waals surface area contributed by atoms with Crippen LogP contribution in [0.15, 0.2) is 35.3 Å². The maximum atomic E-state index is 13.5. The number of rotatable bonds is 3. The van der Waals surface area contributed by atoms with E-state index in [-0.39, 0.29) is 21.3 Å². The van der Waals surface area contributed by atoms with Gasteiger partial charge in [0.1, 0.15) is 16.5 Å². The number of halogens is 3. The van der Waals surface area contributed by atoms with Gasteiger partial charge < -0.3 is 10.7 Å². The van der Waals surface area contributed by atoms with E-state index in [0.717, 1.165) is 0 Å². The highest BCUT2D eigenvalue weighted by Gasteiger charge is 2.14. The zero-order valence-electron chi connectivity index (χ0n) is 11.6. The molecule has 3 aromatic rings. The standard InChI is InChI=1S/C15H10Cl2FN3O2/c16-10-5-12-15(23)20-6-8(21(12)13(10)17)3-7-1-2-11(18)9(4-7)14(19)22/h1-2,4-6H,3H2,(H2,19,22)(H,20,23). The second kappa shape index (κ2) is 5.72. The molecule has 1 amide bonds. The third-order valence-corrected chi connectivity index (χ3v) is 4.23. The molecule has 118 valence electrons. The van der Waals surface area contributed by atoms with E-state index >= 15 is 0 Å². The lowest BCUT2D eigenvalue weighted by atomic mass is 10.1. The minimum atomic E-state index is -0.849. The van der Waals surface area contributed by atoms with Crippen LogP contribution in [0.4, 0.5) is 4.39 Å². The molecule has 1 aromatic carbocycles. The molecule has 0 saturated heterocycles. The molecule has 0 atom stereocenters. The summed E-state index contributed by atoms with van der Waals surface area (Å²) in [6, 6.07) is 5.53. The van der Waals surface area contributed by atoms with Gasteiger partial charge in [0.15, 0.2) is 0 Å². The van der Waals surface area contributed by atoms with Crippen molar-refractivity contribution >= 4 is 34.6 Å². The largest absolute Gasteiger partial charge is 0.366 e. The highest BCUT2D eigenvalue weighted by Crippen LogP contribution is 2.26. The summed E-state index contributed by atoms with van der Waals surface area (Å²) in [4.78, 5) is 25.7. The lowest BCUT2D eigenvalue weighted by Gasteiger charge is -2.08. The van der Waals surface area contributed by atoms with Crippen molar-refractivity contribution in [3.8, 4) is 0 Å². The molecular weight excluding hydrogens is 344 g/mol. The third-order valence-electron chi connectivity index (χ3n) is 3.47. The molecule has 2 aromatic heterocycles. The van der Waals surface area contributed by atoms with Gasteiger partial charge in [0.05, 0.1) is 10.6 Å². The molecule has 0 aliphatic heterocycles. The van der Waals surface area contributed by atoms with Crippen molar-refractivity contribution in [2.24, 2.45) is 5.73 Å². The average molecular weight is 354 g/mol. The van der Waals surface area contributed by atoms with Crippen LogP contribution in [0.2, 0.25) is 10.2 Å². The fourth-order valence-electron chi connectivity index (χ4n) is 2.40. The first-order valence-electron chi connectivity index (χ1n) is 6.53. The number of amides is 1. The Morgan fingerprint density at radius 2 is 2.04 bits per heavy atom. The molecule has 0 saturated carbocycles. The number of carbonyl (C=O) groups is 1. The van der Waals surface area contributed by atoms with Gasteiger partial charge in [-0.1, -0.05) is 29.3 Å². The molecule has 23 heavy (non-hydrogen) atoms. The number of aromatic amines is 1. The number of hydrogen-bond donors (Lipinski definition) is 2. The Kier molecular flexibility index (Phi) is 3.87. The normalized spacial score (nSPS) is 11.1. The summed E-state index contributed by atoms with van der Waals surface area (Å²) >= 11 is 12.1. The van der Waals surface area contributed by atoms with E-state index in [0.29, 0.717) is 23.2 Å². The van der Waals surface area contributed by atoms with Crippen molar-refractivity contribution in [1.29, 1.82) is 0 Å². The fourth-order valence-corrected chi connectivity index (χ4v) is 2.84. The first-order chi connectivity index (χ1) is 10.9. The molecule has 2 heterocycles. The Morgan fingerprint density at radius 3 is 2.74 bits per heavy atom. The SMILES string of the molecule is NC(=O)c1cc(Cc2c[nH]c(=O)c3cc(Cl)c(Cl)n23)ccc1F.